The smallest absolute Gasteiger partial charge is 0.249 e. The maximum atomic E-state index is 12.8. The van der Waals surface area contributed by atoms with Crippen LogP contribution in [0.4, 0.5) is 4.39 Å². The SMILES string of the molecule is NC(=O)C(O)C(O)c1ccc(F)c(Br)c1. The molecule has 1 amide bonds. The lowest BCUT2D eigenvalue weighted by Gasteiger charge is -2.15. The first kappa shape index (κ1) is 12.1. The number of rotatable bonds is 3. The number of aliphatic hydroxyl groups is 2. The number of carbonyl (C=O) groups is 1. The van der Waals surface area contributed by atoms with Gasteiger partial charge in [0.15, 0.2) is 6.10 Å². The van der Waals surface area contributed by atoms with Crippen LogP contribution in [0, 0.1) is 5.82 Å². The number of benzene rings is 1. The summed E-state index contributed by atoms with van der Waals surface area (Å²) in [5.41, 5.74) is 5.01. The number of primary amides is 1. The van der Waals surface area contributed by atoms with Crippen LogP contribution in [-0.4, -0.2) is 22.2 Å². The van der Waals surface area contributed by atoms with Gasteiger partial charge in [-0.2, -0.15) is 0 Å². The maximum Gasteiger partial charge on any atom is 0.249 e. The molecule has 82 valence electrons. The number of halogens is 2. The molecule has 0 aliphatic heterocycles. The monoisotopic (exact) mass is 277 g/mol. The predicted octanol–water partition coefficient (Wildman–Crippen LogP) is 0.468. The summed E-state index contributed by atoms with van der Waals surface area (Å²) in [7, 11) is 0. The van der Waals surface area contributed by atoms with Gasteiger partial charge in [0.25, 0.3) is 0 Å². The zero-order valence-electron chi connectivity index (χ0n) is 7.52. The molecular formula is C9H9BrFNO3. The van der Waals surface area contributed by atoms with Gasteiger partial charge in [-0.25, -0.2) is 4.39 Å². The molecule has 4 nitrogen and oxygen atoms in total. The molecule has 0 saturated carbocycles. The Hall–Kier alpha value is -0.980. The largest absolute Gasteiger partial charge is 0.385 e. The van der Waals surface area contributed by atoms with Gasteiger partial charge in [-0.05, 0) is 33.6 Å². The molecule has 2 unspecified atom stereocenters. The summed E-state index contributed by atoms with van der Waals surface area (Å²) in [5.74, 6) is -1.54. The van der Waals surface area contributed by atoms with Gasteiger partial charge in [-0.1, -0.05) is 6.07 Å². The van der Waals surface area contributed by atoms with Gasteiger partial charge in [0.05, 0.1) is 4.47 Å². The van der Waals surface area contributed by atoms with Crippen LogP contribution in [0.5, 0.6) is 0 Å². The predicted molar refractivity (Wildman–Crippen MR) is 54.3 cm³/mol. The highest BCUT2D eigenvalue weighted by Gasteiger charge is 2.23. The van der Waals surface area contributed by atoms with Crippen molar-refractivity contribution in [3.05, 3.63) is 34.1 Å². The van der Waals surface area contributed by atoms with Crippen molar-refractivity contribution in [3.8, 4) is 0 Å². The molecule has 0 aliphatic rings. The first-order chi connectivity index (χ1) is 6.93. The third-order valence-electron chi connectivity index (χ3n) is 1.88. The van der Waals surface area contributed by atoms with Gasteiger partial charge < -0.3 is 15.9 Å². The molecule has 0 bridgehead atoms. The second-order valence-electron chi connectivity index (χ2n) is 2.97. The second-order valence-corrected chi connectivity index (χ2v) is 3.82. The Morgan fingerprint density at radius 1 is 1.47 bits per heavy atom. The Balaban J connectivity index is 2.96. The minimum absolute atomic E-state index is 0.135. The summed E-state index contributed by atoms with van der Waals surface area (Å²) in [4.78, 5) is 10.6. The highest BCUT2D eigenvalue weighted by atomic mass is 79.9. The van der Waals surface area contributed by atoms with Crippen LogP contribution in [0.3, 0.4) is 0 Å². The van der Waals surface area contributed by atoms with Crippen LogP contribution < -0.4 is 5.73 Å². The van der Waals surface area contributed by atoms with E-state index in [4.69, 9.17) is 5.73 Å². The minimum Gasteiger partial charge on any atom is -0.385 e. The van der Waals surface area contributed by atoms with Crippen molar-refractivity contribution < 1.29 is 19.4 Å². The number of nitrogens with two attached hydrogens (primary N) is 1. The Labute approximate surface area is 93.6 Å². The van der Waals surface area contributed by atoms with E-state index in [1.54, 1.807) is 0 Å². The summed E-state index contributed by atoms with van der Waals surface area (Å²) < 4.78 is 13.0. The lowest BCUT2D eigenvalue weighted by molar-refractivity contribution is -0.131. The fraction of sp³-hybridized carbons (Fsp3) is 0.222. The molecule has 0 aromatic heterocycles. The van der Waals surface area contributed by atoms with Crippen molar-refractivity contribution in [2.24, 2.45) is 5.73 Å². The van der Waals surface area contributed by atoms with E-state index in [-0.39, 0.29) is 10.0 Å². The zero-order valence-corrected chi connectivity index (χ0v) is 9.11. The summed E-state index contributed by atoms with van der Waals surface area (Å²) in [6.45, 7) is 0. The van der Waals surface area contributed by atoms with Crippen LogP contribution in [0.25, 0.3) is 0 Å². The molecule has 0 aliphatic carbocycles. The summed E-state index contributed by atoms with van der Waals surface area (Å²) in [5, 5.41) is 18.7. The summed E-state index contributed by atoms with van der Waals surface area (Å²) in [6, 6.07) is 3.64. The summed E-state index contributed by atoms with van der Waals surface area (Å²) in [6.07, 6.45) is -3.17. The van der Waals surface area contributed by atoms with Gasteiger partial charge in [0, 0.05) is 0 Å². The Kier molecular flexibility index (Phi) is 3.78. The molecule has 4 N–H and O–H groups in total. The lowest BCUT2D eigenvalue weighted by atomic mass is 10.0. The van der Waals surface area contributed by atoms with E-state index < -0.39 is 23.9 Å². The van der Waals surface area contributed by atoms with Crippen molar-refractivity contribution in [1.29, 1.82) is 0 Å². The number of amides is 1. The lowest BCUT2D eigenvalue weighted by Crippen LogP contribution is -2.33. The van der Waals surface area contributed by atoms with Gasteiger partial charge in [-0.3, -0.25) is 4.79 Å². The minimum atomic E-state index is -1.71. The van der Waals surface area contributed by atoms with Gasteiger partial charge >= 0.3 is 0 Å². The van der Waals surface area contributed by atoms with E-state index in [0.29, 0.717) is 0 Å². The molecule has 0 heterocycles. The maximum absolute atomic E-state index is 12.8. The molecule has 1 aromatic carbocycles. The van der Waals surface area contributed by atoms with Gasteiger partial charge in [0.2, 0.25) is 5.91 Å². The number of aliphatic hydroxyl groups excluding tert-OH is 2. The van der Waals surface area contributed by atoms with E-state index >= 15 is 0 Å². The van der Waals surface area contributed by atoms with Crippen molar-refractivity contribution in [1.82, 2.24) is 0 Å². The van der Waals surface area contributed by atoms with Crippen LogP contribution in [0.1, 0.15) is 11.7 Å². The molecule has 0 radical (unpaired) electrons. The molecule has 0 fully saturated rings. The third-order valence-corrected chi connectivity index (χ3v) is 2.48. The van der Waals surface area contributed by atoms with E-state index in [2.05, 4.69) is 15.9 Å². The molecule has 6 heteroatoms. The van der Waals surface area contributed by atoms with Crippen molar-refractivity contribution >= 4 is 21.8 Å². The standard InChI is InChI=1S/C9H9BrFNO3/c10-5-3-4(1-2-6(5)11)7(13)8(14)9(12)15/h1-3,7-8,13-14H,(H2,12,15). The first-order valence-corrected chi connectivity index (χ1v) is 4.83. The van der Waals surface area contributed by atoms with Gasteiger partial charge in [0.1, 0.15) is 11.9 Å². The molecular weight excluding hydrogens is 269 g/mol. The van der Waals surface area contributed by atoms with E-state index in [9.17, 15) is 19.4 Å². The van der Waals surface area contributed by atoms with Crippen LogP contribution in [-0.2, 0) is 4.79 Å². The van der Waals surface area contributed by atoms with E-state index in [1.165, 1.54) is 12.1 Å². The average Bonchev–Trinajstić information content (AvgIpc) is 2.19. The van der Waals surface area contributed by atoms with E-state index in [0.717, 1.165) is 6.07 Å². The average molecular weight is 278 g/mol. The topological polar surface area (TPSA) is 83.6 Å². The first-order valence-electron chi connectivity index (χ1n) is 4.04. The van der Waals surface area contributed by atoms with Crippen LogP contribution >= 0.6 is 15.9 Å². The molecule has 0 saturated heterocycles. The molecule has 15 heavy (non-hydrogen) atoms. The van der Waals surface area contributed by atoms with Crippen molar-refractivity contribution in [3.63, 3.8) is 0 Å². The van der Waals surface area contributed by atoms with Crippen LogP contribution in [0.2, 0.25) is 0 Å². The highest BCUT2D eigenvalue weighted by molar-refractivity contribution is 9.10. The summed E-state index contributed by atoms with van der Waals surface area (Å²) >= 11 is 2.92. The highest BCUT2D eigenvalue weighted by Crippen LogP contribution is 2.23. The Morgan fingerprint density at radius 2 is 2.07 bits per heavy atom. The Morgan fingerprint density at radius 3 is 2.53 bits per heavy atom. The molecule has 1 aromatic rings. The van der Waals surface area contributed by atoms with E-state index in [1.807, 2.05) is 0 Å². The van der Waals surface area contributed by atoms with Crippen molar-refractivity contribution in [2.45, 2.75) is 12.2 Å². The number of hydrogen-bond donors (Lipinski definition) is 3. The fourth-order valence-corrected chi connectivity index (χ4v) is 1.43. The molecule has 2 atom stereocenters. The second kappa shape index (κ2) is 4.69. The zero-order chi connectivity index (χ0) is 11.6. The number of carbonyl (C=O) groups excluding carboxylic acids is 1. The van der Waals surface area contributed by atoms with Gasteiger partial charge in [-0.15, -0.1) is 0 Å². The Bertz CT molecular complexity index is 386. The fourth-order valence-electron chi connectivity index (χ4n) is 1.03. The van der Waals surface area contributed by atoms with Crippen molar-refractivity contribution in [2.75, 3.05) is 0 Å². The molecule has 0 spiro atoms. The van der Waals surface area contributed by atoms with Crippen LogP contribution in [0.15, 0.2) is 22.7 Å². The molecule has 1 rings (SSSR count). The normalized spacial score (nSPS) is 14.7. The third kappa shape index (κ3) is 2.74. The quantitative estimate of drug-likeness (QED) is 0.751. The number of hydrogen-bond acceptors (Lipinski definition) is 3.